The van der Waals surface area contributed by atoms with Gasteiger partial charge in [0.25, 0.3) is 66.5 Å². The van der Waals surface area contributed by atoms with Gasteiger partial charge in [0, 0.05) is 92.9 Å². The van der Waals surface area contributed by atoms with Crippen LogP contribution in [0.1, 0.15) is 272 Å². The molecule has 0 fully saturated rings. The number of benzene rings is 4. The fraction of sp³-hybridized carbons (Fsp3) is 0.621. The highest BCUT2D eigenvalue weighted by atomic mass is 28.4. The third-order valence-electron chi connectivity index (χ3n) is 36.0. The van der Waals surface area contributed by atoms with Crippen LogP contribution in [-0.2, 0) is 0 Å². The van der Waals surface area contributed by atoms with Crippen LogP contribution in [0, 0.1) is 0 Å². The van der Waals surface area contributed by atoms with E-state index in [0.29, 0.717) is 91.8 Å². The predicted octanol–water partition coefficient (Wildman–Crippen LogP) is 39.9. The molecule has 9 rings (SSSR count). The lowest BCUT2D eigenvalue weighted by molar-refractivity contribution is 0.459. The summed E-state index contributed by atoms with van der Waals surface area (Å²) in [5.74, 6) is 7.85. The van der Waals surface area contributed by atoms with E-state index >= 15 is 0 Å². The molecule has 5 heterocycles. The van der Waals surface area contributed by atoms with Crippen molar-refractivity contribution in [2.75, 3.05) is 0 Å². The molecular weight excluding hydrogens is 1980 g/mol. The molecule has 0 saturated heterocycles. The first-order valence-electron chi connectivity index (χ1n) is 53.1. The van der Waals surface area contributed by atoms with Crippen molar-refractivity contribution < 1.29 is 53.1 Å². The average Bonchev–Trinajstić information content (AvgIpc) is 1.59. The van der Waals surface area contributed by atoms with E-state index in [1.807, 2.05) is 0 Å². The summed E-state index contributed by atoms with van der Waals surface area (Å²) < 4.78 is 96.3. The molecule has 0 radical (unpaired) electrons. The van der Waals surface area contributed by atoms with E-state index in [1.54, 1.807) is 0 Å². The Hall–Kier alpha value is -6.32. The Balaban J connectivity index is 1.85. The van der Waals surface area contributed by atoms with Crippen molar-refractivity contribution in [1.82, 2.24) is 19.9 Å². The Morgan fingerprint density at radius 3 is 0.368 bits per heavy atom. The highest BCUT2D eigenvalue weighted by Gasteiger charge is 2.53. The second-order valence-electron chi connectivity index (χ2n) is 60.0. The average molecular weight is 2180 g/mol. The largest absolute Gasteiger partial charge is 0.543 e. The number of nitrogens with zero attached hydrogens (tertiary/aromatic N) is 2. The van der Waals surface area contributed by atoms with E-state index in [0.717, 1.165) is 66.6 Å². The Morgan fingerprint density at radius 2 is 0.264 bits per heavy atom. The van der Waals surface area contributed by atoms with Crippen LogP contribution in [0.25, 0.3) is 90.9 Å². The summed E-state index contributed by atoms with van der Waals surface area (Å²) in [4.78, 5) is 21.6. The Labute approximate surface area is 888 Å². The third-order valence-corrected chi connectivity index (χ3v) is 88.2. The van der Waals surface area contributed by atoms with Crippen LogP contribution in [0.4, 0.5) is 0 Å². The molecule has 7 aromatic rings. The van der Waals surface area contributed by atoms with E-state index < -0.39 is 99.8 Å². The third kappa shape index (κ3) is 25.7. The minimum atomic E-state index is -2.90. The highest BCUT2D eigenvalue weighted by molar-refractivity contribution is 6.80. The van der Waals surface area contributed by atoms with E-state index in [9.17, 15) is 0 Å². The van der Waals surface area contributed by atoms with Gasteiger partial charge in [0.2, 0.25) is 33.3 Å². The lowest BCUT2D eigenvalue weighted by Gasteiger charge is -2.40. The maximum Gasteiger partial charge on any atom is 0.250 e. The molecule has 28 heteroatoms. The Kier molecular flexibility index (Phi) is 32.9. The molecule has 0 saturated carbocycles. The number of H-pyrrole nitrogens is 2. The molecule has 16 nitrogen and oxygen atoms in total. The summed E-state index contributed by atoms with van der Waals surface area (Å²) in [5, 5.41) is -3.02. The molecule has 4 aromatic carbocycles. The molecule has 8 bridgehead atoms. The first-order valence-corrected chi connectivity index (χ1v) is 88.0. The Morgan fingerprint density at radius 1 is 0.160 bits per heavy atom. The topological polar surface area (TPSA) is 168 Å². The molecule has 0 amide bonds. The maximum atomic E-state index is 8.20. The van der Waals surface area contributed by atoms with Crippen molar-refractivity contribution in [2.24, 2.45) is 0 Å². The van der Waals surface area contributed by atoms with Crippen LogP contribution >= 0.6 is 0 Å². The van der Waals surface area contributed by atoms with Crippen LogP contribution in [0.5, 0.6) is 69.0 Å². The maximum absolute atomic E-state index is 8.20. The second kappa shape index (κ2) is 39.1. The zero-order chi connectivity index (χ0) is 111. The zero-order valence-corrected chi connectivity index (χ0v) is 114. The van der Waals surface area contributed by atoms with Gasteiger partial charge in [-0.05, 0) is 266 Å². The van der Waals surface area contributed by atoms with Crippen molar-refractivity contribution in [3.63, 3.8) is 0 Å². The minimum Gasteiger partial charge on any atom is -0.543 e. The van der Waals surface area contributed by atoms with E-state index in [1.165, 1.54) is 0 Å². The number of aromatic nitrogens is 4. The smallest absolute Gasteiger partial charge is 0.250 e. The molecule has 2 N–H and O–H groups in total. The molecule has 2 aliphatic rings. The highest BCUT2D eigenvalue weighted by Crippen LogP contribution is 2.61. The molecule has 0 spiro atoms. The molecule has 0 atom stereocenters. The van der Waals surface area contributed by atoms with Crippen molar-refractivity contribution >= 4 is 146 Å². The molecule has 3 aromatic heterocycles. The summed E-state index contributed by atoms with van der Waals surface area (Å²) in [7, 11) is -33.7. The Bertz CT molecular complexity index is 5250. The lowest BCUT2D eigenvalue weighted by atomic mass is 10.0. The van der Waals surface area contributed by atoms with Crippen molar-refractivity contribution in [2.45, 2.75) is 467 Å². The number of hydrogen-bond donors (Lipinski definition) is 2. The summed E-state index contributed by atoms with van der Waals surface area (Å²) in [6.45, 7) is 139. The molecule has 802 valence electrons. The molecular formula is C116H198N4O12Si12. The zero-order valence-electron chi connectivity index (χ0n) is 102. The second-order valence-corrected chi connectivity index (χ2v) is 117. The van der Waals surface area contributed by atoms with E-state index in [4.69, 9.17) is 63.1 Å². The van der Waals surface area contributed by atoms with Crippen LogP contribution in [0.2, 0.25) is 218 Å². The van der Waals surface area contributed by atoms with Gasteiger partial charge in [0.15, 0.2) is 0 Å². The summed E-state index contributed by atoms with van der Waals surface area (Å²) in [5.41, 5.74) is 11.4. The van der Waals surface area contributed by atoms with Crippen molar-refractivity contribution in [1.29, 1.82) is 0 Å². The van der Waals surface area contributed by atoms with Gasteiger partial charge in [-0.15, -0.1) is 0 Å². The lowest BCUT2D eigenvalue weighted by Crippen LogP contribution is -2.45. The number of aromatic amines is 2. The van der Waals surface area contributed by atoms with Gasteiger partial charge in [0.05, 0.1) is 45.0 Å². The van der Waals surface area contributed by atoms with E-state index in [-0.39, 0.29) is 60.5 Å². The number of nitrogens with one attached hydrogen (secondary N) is 2. The number of rotatable bonds is 28. The van der Waals surface area contributed by atoms with Crippen molar-refractivity contribution in [3.8, 4) is 114 Å². The standard InChI is InChI=1S/C116H198N4O12Si12/c1-105(2,3)133(37,38)121-77-69-89(125-137(45,46)109(13,14)15)101(90(70-77)126-138(47,48)110(16,17)18)97-81-61-63-83(117-81)98(102-91(127-139(49,50)111(19,20)21)71-78(122-134(39,40)106(4,5)6)72-92(102)128-140(51,52)112(22,23)24)85-65-67-87(119-85)100(104-95(131-143(57,58)115(31,32)33)75-80(124-136(43,44)108(10,11)12)76-96(104)132-144(59,60)116(34,35)36)88-68-66-86(120-88)99(84-64-62-82(97)118-84)103-93(129-141(53,54)113(25,26)27)73-79(123-135(41,42)107(7,8)9)74-94(103)130-142(55,56)114(28,29)30/h61-76,117,120H,1-60H3. The minimum absolute atomic E-state index is 0.179. The first-order chi connectivity index (χ1) is 63.9. The van der Waals surface area contributed by atoms with Gasteiger partial charge in [0.1, 0.15) is 69.0 Å². The molecule has 0 aliphatic carbocycles. The van der Waals surface area contributed by atoms with Gasteiger partial charge >= 0.3 is 0 Å². The van der Waals surface area contributed by atoms with Crippen LogP contribution < -0.4 is 53.1 Å². The van der Waals surface area contributed by atoms with Gasteiger partial charge < -0.3 is 63.1 Å². The van der Waals surface area contributed by atoms with E-state index in [2.05, 4.69) is 513 Å². The van der Waals surface area contributed by atoms with Crippen LogP contribution in [-0.4, -0.2) is 120 Å². The number of fused-ring (bicyclic) bond motifs is 8. The normalized spacial score (nSPS) is 14.8. The fourth-order valence-electron chi connectivity index (χ4n) is 13.6. The summed E-state index contributed by atoms with van der Waals surface area (Å²) >= 11 is 0. The summed E-state index contributed by atoms with van der Waals surface area (Å²) in [6, 6.07) is 26.4. The summed E-state index contributed by atoms with van der Waals surface area (Å²) in [6.07, 6.45) is 8.85. The number of hydrogen-bond acceptors (Lipinski definition) is 14. The fourth-order valence-corrected chi connectivity index (χ4v) is 25.8. The van der Waals surface area contributed by atoms with Gasteiger partial charge in [-0.1, -0.05) is 249 Å². The van der Waals surface area contributed by atoms with Gasteiger partial charge in [-0.3, -0.25) is 0 Å². The van der Waals surface area contributed by atoms with Gasteiger partial charge in [-0.2, -0.15) is 0 Å². The monoisotopic (exact) mass is 2180 g/mol. The first kappa shape index (κ1) is 121. The molecule has 144 heavy (non-hydrogen) atoms. The molecule has 2 aliphatic heterocycles. The predicted molar refractivity (Wildman–Crippen MR) is 655 cm³/mol. The molecule has 0 unspecified atom stereocenters. The quantitative estimate of drug-likeness (QED) is 0.0444. The van der Waals surface area contributed by atoms with Gasteiger partial charge in [-0.25, -0.2) is 9.97 Å². The van der Waals surface area contributed by atoms with Crippen LogP contribution in [0.15, 0.2) is 72.8 Å². The SMILES string of the molecule is CC(C)(C)[Si](C)(C)Oc1cc(O[Si](C)(C)C(C)(C)C)c(-c2c3nc(c(-c4c(O[Si](C)(C)C(C)(C)C)cc(O[Si](C)(C)C(C)(C)C)cc4O[Si](C)(C)C(C)(C)C)c4ccc([nH]4)c(-c4c(O[Si](C)(C)C(C)(C)C)cc(O[Si](C)(C)C(C)(C)C)cc4O[Si](C)(C)C(C)(C)C)c4nc(c(-c5c(O[Si](C)(C)C(C)(C)C)cc(O[Si](C)(C)C(C)(C)C)cc5O[Si](C)(C)C(C)(C)C)c5ccc2[nH]5)C=C4)C=C3)c(O[Si](C)(C)C(C)(C)C)c1. The van der Waals surface area contributed by atoms with Crippen molar-refractivity contribution in [3.05, 3.63) is 95.6 Å². The van der Waals surface area contributed by atoms with Crippen LogP contribution in [0.3, 0.4) is 0 Å².